The van der Waals surface area contributed by atoms with Crippen molar-refractivity contribution in [2.75, 3.05) is 26.2 Å². The molecule has 1 aliphatic heterocycles. The van der Waals surface area contributed by atoms with Gasteiger partial charge in [0.15, 0.2) is 0 Å². The zero-order chi connectivity index (χ0) is 13.0. The van der Waals surface area contributed by atoms with Gasteiger partial charge < -0.3 is 4.74 Å². The van der Waals surface area contributed by atoms with Crippen molar-refractivity contribution in [3.8, 4) is 6.07 Å². The van der Waals surface area contributed by atoms with Crippen molar-refractivity contribution in [3.63, 3.8) is 0 Å². The first kappa shape index (κ1) is 13.8. The molecule has 1 aliphatic carbocycles. The van der Waals surface area contributed by atoms with Gasteiger partial charge in [-0.05, 0) is 46.1 Å². The molecule has 2 fully saturated rings. The molecule has 2 rings (SSSR count). The fraction of sp³-hybridized carbons (Fsp3) is 0.929. The molecule has 2 aliphatic rings. The van der Waals surface area contributed by atoms with Gasteiger partial charge in [-0.3, -0.25) is 10.2 Å². The lowest BCUT2D eigenvalue weighted by Gasteiger charge is -2.32. The Labute approximate surface area is 110 Å². The maximum atomic E-state index is 9.29. The number of hydrogen-bond donors (Lipinski definition) is 1. The van der Waals surface area contributed by atoms with E-state index in [1.165, 1.54) is 12.8 Å². The van der Waals surface area contributed by atoms with Crippen LogP contribution in [-0.4, -0.2) is 48.8 Å². The topological polar surface area (TPSA) is 48.3 Å². The van der Waals surface area contributed by atoms with Gasteiger partial charge in [0.05, 0.1) is 18.8 Å². The third-order valence-electron chi connectivity index (χ3n) is 3.82. The number of nitriles is 1. The molecule has 0 bridgehead atoms. The Morgan fingerprint density at radius 3 is 2.89 bits per heavy atom. The Bertz CT molecular complexity index is 311. The molecule has 2 unspecified atom stereocenters. The summed E-state index contributed by atoms with van der Waals surface area (Å²) in [5.41, 5.74) is -0.334. The largest absolute Gasteiger partial charge is 0.376 e. The first-order valence-electron chi connectivity index (χ1n) is 7.14. The molecule has 4 heteroatoms. The zero-order valence-corrected chi connectivity index (χ0v) is 11.6. The zero-order valence-electron chi connectivity index (χ0n) is 11.6. The van der Waals surface area contributed by atoms with E-state index in [-0.39, 0.29) is 5.54 Å². The van der Waals surface area contributed by atoms with E-state index in [9.17, 15) is 5.26 Å². The Morgan fingerprint density at radius 2 is 2.28 bits per heavy atom. The summed E-state index contributed by atoms with van der Waals surface area (Å²) in [6.45, 7) is 8.14. The molecule has 0 aromatic heterocycles. The highest BCUT2D eigenvalue weighted by atomic mass is 16.5. The van der Waals surface area contributed by atoms with E-state index in [2.05, 4.69) is 23.2 Å². The summed E-state index contributed by atoms with van der Waals surface area (Å²) in [5.74, 6) is 0. The maximum Gasteiger partial charge on any atom is 0.104 e. The van der Waals surface area contributed by atoms with Gasteiger partial charge in [0.25, 0.3) is 0 Å². The van der Waals surface area contributed by atoms with E-state index >= 15 is 0 Å². The molecule has 0 amide bonds. The molecule has 2 atom stereocenters. The van der Waals surface area contributed by atoms with Gasteiger partial charge in [0.2, 0.25) is 0 Å². The molecular formula is C14H25N3O. The predicted molar refractivity (Wildman–Crippen MR) is 71.3 cm³/mol. The van der Waals surface area contributed by atoms with Crippen LogP contribution in [-0.2, 0) is 4.74 Å². The summed E-state index contributed by atoms with van der Waals surface area (Å²) >= 11 is 0. The molecule has 1 heterocycles. The second-order valence-electron chi connectivity index (χ2n) is 5.95. The molecule has 0 radical (unpaired) electrons. The Kier molecular flexibility index (Phi) is 4.60. The van der Waals surface area contributed by atoms with Crippen molar-refractivity contribution in [2.24, 2.45) is 0 Å². The van der Waals surface area contributed by atoms with Crippen LogP contribution in [0.5, 0.6) is 0 Å². The average Bonchev–Trinajstić information content (AvgIpc) is 3.13. The molecule has 4 nitrogen and oxygen atoms in total. The standard InChI is InChI=1S/C14H25N3O/c1-12-10-17(8-9-18-12)7-3-6-14(2,11-15)16-13-4-5-13/h12-13,16H,3-10H2,1-2H3. The summed E-state index contributed by atoms with van der Waals surface area (Å²) in [4.78, 5) is 2.45. The molecule has 0 aromatic carbocycles. The van der Waals surface area contributed by atoms with Gasteiger partial charge in [-0.1, -0.05) is 0 Å². The van der Waals surface area contributed by atoms with Crippen LogP contribution >= 0.6 is 0 Å². The van der Waals surface area contributed by atoms with Gasteiger partial charge in [0.1, 0.15) is 5.54 Å². The summed E-state index contributed by atoms with van der Waals surface area (Å²) < 4.78 is 5.53. The molecule has 18 heavy (non-hydrogen) atoms. The molecular weight excluding hydrogens is 226 g/mol. The van der Waals surface area contributed by atoms with Crippen LogP contribution in [0.4, 0.5) is 0 Å². The molecule has 0 aromatic rings. The number of nitrogens with one attached hydrogen (secondary N) is 1. The number of rotatable bonds is 6. The van der Waals surface area contributed by atoms with Crippen molar-refractivity contribution in [2.45, 2.75) is 57.2 Å². The fourth-order valence-electron chi connectivity index (χ4n) is 2.59. The van der Waals surface area contributed by atoms with Crippen molar-refractivity contribution in [3.05, 3.63) is 0 Å². The van der Waals surface area contributed by atoms with Crippen molar-refractivity contribution < 1.29 is 4.74 Å². The van der Waals surface area contributed by atoms with Crippen LogP contribution in [0.1, 0.15) is 39.5 Å². The normalized spacial score (nSPS) is 28.6. The second kappa shape index (κ2) is 6.01. The summed E-state index contributed by atoms with van der Waals surface area (Å²) in [7, 11) is 0. The Morgan fingerprint density at radius 1 is 1.50 bits per heavy atom. The highest BCUT2D eigenvalue weighted by Crippen LogP contribution is 2.24. The van der Waals surface area contributed by atoms with Crippen molar-refractivity contribution in [1.29, 1.82) is 5.26 Å². The van der Waals surface area contributed by atoms with Gasteiger partial charge in [-0.15, -0.1) is 0 Å². The molecule has 0 spiro atoms. The van der Waals surface area contributed by atoms with E-state index < -0.39 is 0 Å². The number of nitrogens with zero attached hydrogens (tertiary/aromatic N) is 2. The van der Waals surface area contributed by atoms with Crippen LogP contribution in [0, 0.1) is 11.3 Å². The highest BCUT2D eigenvalue weighted by Gasteiger charge is 2.32. The van der Waals surface area contributed by atoms with E-state index in [1.54, 1.807) is 0 Å². The highest BCUT2D eigenvalue weighted by molar-refractivity contribution is 5.07. The van der Waals surface area contributed by atoms with Crippen LogP contribution in [0.25, 0.3) is 0 Å². The quantitative estimate of drug-likeness (QED) is 0.777. The summed E-state index contributed by atoms with van der Waals surface area (Å²) in [5, 5.41) is 12.8. The van der Waals surface area contributed by atoms with E-state index in [4.69, 9.17) is 4.74 Å². The molecule has 102 valence electrons. The second-order valence-corrected chi connectivity index (χ2v) is 5.95. The third-order valence-corrected chi connectivity index (χ3v) is 3.82. The van der Waals surface area contributed by atoms with E-state index in [1.807, 2.05) is 6.92 Å². The number of morpholine rings is 1. The lowest BCUT2D eigenvalue weighted by molar-refractivity contribution is -0.0188. The summed E-state index contributed by atoms with van der Waals surface area (Å²) in [6, 6.07) is 3.04. The Hall–Kier alpha value is -0.630. The van der Waals surface area contributed by atoms with Gasteiger partial charge in [-0.2, -0.15) is 5.26 Å². The minimum atomic E-state index is -0.334. The number of hydrogen-bond acceptors (Lipinski definition) is 4. The minimum absolute atomic E-state index is 0.334. The first-order chi connectivity index (χ1) is 8.61. The van der Waals surface area contributed by atoms with E-state index in [0.717, 1.165) is 39.1 Å². The molecule has 1 saturated heterocycles. The smallest absolute Gasteiger partial charge is 0.104 e. The SMILES string of the molecule is CC1CN(CCCC(C)(C#N)NC2CC2)CCO1. The third kappa shape index (κ3) is 4.24. The van der Waals surface area contributed by atoms with Crippen molar-refractivity contribution in [1.82, 2.24) is 10.2 Å². The van der Waals surface area contributed by atoms with Gasteiger partial charge in [0, 0.05) is 19.1 Å². The Balaban J connectivity index is 1.68. The van der Waals surface area contributed by atoms with Crippen LogP contribution in [0.3, 0.4) is 0 Å². The molecule has 1 saturated carbocycles. The first-order valence-corrected chi connectivity index (χ1v) is 7.14. The fourth-order valence-corrected chi connectivity index (χ4v) is 2.59. The average molecular weight is 251 g/mol. The number of ether oxygens (including phenoxy) is 1. The van der Waals surface area contributed by atoms with Gasteiger partial charge in [-0.25, -0.2) is 0 Å². The lowest BCUT2D eigenvalue weighted by Crippen LogP contribution is -2.44. The maximum absolute atomic E-state index is 9.29. The van der Waals surface area contributed by atoms with Crippen LogP contribution in [0.15, 0.2) is 0 Å². The molecule has 1 N–H and O–H groups in total. The van der Waals surface area contributed by atoms with Crippen LogP contribution < -0.4 is 5.32 Å². The van der Waals surface area contributed by atoms with E-state index in [0.29, 0.717) is 12.1 Å². The predicted octanol–water partition coefficient (Wildman–Crippen LogP) is 1.52. The lowest BCUT2D eigenvalue weighted by atomic mass is 9.97. The monoisotopic (exact) mass is 251 g/mol. The van der Waals surface area contributed by atoms with Crippen molar-refractivity contribution >= 4 is 0 Å². The minimum Gasteiger partial charge on any atom is -0.376 e. The van der Waals surface area contributed by atoms with Crippen LogP contribution in [0.2, 0.25) is 0 Å². The van der Waals surface area contributed by atoms with Gasteiger partial charge >= 0.3 is 0 Å². The summed E-state index contributed by atoms with van der Waals surface area (Å²) in [6.07, 6.45) is 4.84.